The van der Waals surface area contributed by atoms with Gasteiger partial charge in [0.2, 0.25) is 0 Å². The van der Waals surface area contributed by atoms with Gasteiger partial charge in [0.15, 0.2) is 0 Å². The number of nitrogens with one attached hydrogen (secondary N) is 1. The first-order valence-electron chi connectivity index (χ1n) is 6.66. The molecule has 1 N–H and O–H groups in total. The Hall–Kier alpha value is -0.340. The van der Waals surface area contributed by atoms with Crippen LogP contribution in [0.5, 0.6) is 0 Å². The number of fused-ring (bicyclic) bond motifs is 2. The first kappa shape index (κ1) is 10.8. The summed E-state index contributed by atoms with van der Waals surface area (Å²) in [4.78, 5) is 1.66. The molecule has 2 aliphatic rings. The highest BCUT2D eigenvalue weighted by Gasteiger charge is 2.40. The molecule has 1 aliphatic heterocycles. The van der Waals surface area contributed by atoms with Crippen molar-refractivity contribution >= 4 is 11.3 Å². The third-order valence-corrected chi connectivity index (χ3v) is 5.63. The van der Waals surface area contributed by atoms with Crippen molar-refractivity contribution in [2.24, 2.45) is 5.92 Å². The Labute approximate surface area is 102 Å². The van der Waals surface area contributed by atoms with E-state index in [-0.39, 0.29) is 0 Å². The van der Waals surface area contributed by atoms with Crippen LogP contribution in [-0.2, 0) is 12.0 Å². The molecule has 2 heteroatoms. The number of thiophene rings is 1. The van der Waals surface area contributed by atoms with Crippen molar-refractivity contribution in [1.29, 1.82) is 0 Å². The lowest BCUT2D eigenvalue weighted by molar-refractivity contribution is 0.171. The van der Waals surface area contributed by atoms with Crippen LogP contribution in [0.4, 0.5) is 0 Å². The fourth-order valence-electron chi connectivity index (χ4n) is 3.57. The molecular formula is C14H21NS. The molecule has 1 aromatic rings. The van der Waals surface area contributed by atoms with E-state index in [1.807, 2.05) is 11.3 Å². The second-order valence-electron chi connectivity index (χ2n) is 5.40. The zero-order chi connectivity index (χ0) is 11.0. The van der Waals surface area contributed by atoms with E-state index in [1.54, 1.807) is 10.4 Å². The fraction of sp³-hybridized carbons (Fsp3) is 0.714. The summed E-state index contributed by atoms with van der Waals surface area (Å²) in [5.41, 5.74) is 1.99. The van der Waals surface area contributed by atoms with Crippen LogP contribution in [0.15, 0.2) is 11.4 Å². The van der Waals surface area contributed by atoms with Crippen LogP contribution in [0.3, 0.4) is 0 Å². The molecule has 3 rings (SSSR count). The van der Waals surface area contributed by atoms with Gasteiger partial charge in [-0.2, -0.15) is 0 Å². The van der Waals surface area contributed by atoms with E-state index in [9.17, 15) is 0 Å². The van der Waals surface area contributed by atoms with Gasteiger partial charge in [0.1, 0.15) is 0 Å². The smallest absolute Gasteiger partial charge is 0.0534 e. The van der Waals surface area contributed by atoms with Gasteiger partial charge >= 0.3 is 0 Å². The van der Waals surface area contributed by atoms with E-state index < -0.39 is 0 Å². The maximum atomic E-state index is 3.85. The monoisotopic (exact) mass is 235 g/mol. The Bertz CT molecular complexity index is 371. The van der Waals surface area contributed by atoms with Crippen molar-refractivity contribution < 1.29 is 0 Å². The topological polar surface area (TPSA) is 12.0 Å². The first-order valence-corrected chi connectivity index (χ1v) is 7.54. The molecule has 0 aromatic carbocycles. The second-order valence-corrected chi connectivity index (χ2v) is 6.32. The predicted molar refractivity (Wildman–Crippen MR) is 70.0 cm³/mol. The van der Waals surface area contributed by atoms with Crippen LogP contribution in [0.25, 0.3) is 0 Å². The molecule has 16 heavy (non-hydrogen) atoms. The van der Waals surface area contributed by atoms with Gasteiger partial charge in [-0.25, -0.2) is 0 Å². The minimum absolute atomic E-state index is 0.362. The molecule has 1 spiro atoms. The Morgan fingerprint density at radius 1 is 1.56 bits per heavy atom. The summed E-state index contributed by atoms with van der Waals surface area (Å²) in [5, 5.41) is 6.14. The summed E-state index contributed by atoms with van der Waals surface area (Å²) in [6.45, 7) is 3.53. The van der Waals surface area contributed by atoms with Crippen molar-refractivity contribution in [2.75, 3.05) is 6.54 Å². The highest BCUT2D eigenvalue weighted by molar-refractivity contribution is 7.10. The SMILES string of the molecule is CCC1CCCC2(C1)NCCc1ccsc12. The number of hydrogen-bond donors (Lipinski definition) is 1. The van der Waals surface area contributed by atoms with E-state index in [0.717, 1.165) is 5.92 Å². The molecule has 88 valence electrons. The zero-order valence-corrected chi connectivity index (χ0v) is 10.9. The molecule has 1 nitrogen and oxygen atoms in total. The summed E-state index contributed by atoms with van der Waals surface area (Å²) >= 11 is 1.98. The average Bonchev–Trinajstić information content (AvgIpc) is 2.79. The van der Waals surface area contributed by atoms with Crippen LogP contribution < -0.4 is 5.32 Å². The molecular weight excluding hydrogens is 214 g/mol. The molecule has 0 bridgehead atoms. The van der Waals surface area contributed by atoms with Crippen LogP contribution in [0.2, 0.25) is 0 Å². The van der Waals surface area contributed by atoms with Gasteiger partial charge in [-0.1, -0.05) is 26.2 Å². The molecule has 0 saturated heterocycles. The van der Waals surface area contributed by atoms with Crippen molar-refractivity contribution in [3.63, 3.8) is 0 Å². The second kappa shape index (κ2) is 4.15. The van der Waals surface area contributed by atoms with Crippen LogP contribution >= 0.6 is 11.3 Å². The summed E-state index contributed by atoms with van der Waals surface area (Å²) in [5.74, 6) is 0.939. The summed E-state index contributed by atoms with van der Waals surface area (Å²) in [6.07, 6.45) is 8.17. The standard InChI is InChI=1S/C14H21NS/c1-2-11-4-3-7-14(10-11)13-12(5-8-15-14)6-9-16-13/h6,9,11,15H,2-5,7-8,10H2,1H3. The highest BCUT2D eigenvalue weighted by Crippen LogP contribution is 2.45. The van der Waals surface area contributed by atoms with Crippen LogP contribution in [-0.4, -0.2) is 6.54 Å². The van der Waals surface area contributed by atoms with Crippen molar-refractivity contribution in [3.8, 4) is 0 Å². The minimum atomic E-state index is 0.362. The Kier molecular flexibility index (Phi) is 2.80. The Balaban J connectivity index is 1.94. The largest absolute Gasteiger partial charge is 0.306 e. The normalized spacial score (nSPS) is 33.9. The van der Waals surface area contributed by atoms with Crippen molar-refractivity contribution in [3.05, 3.63) is 21.9 Å². The van der Waals surface area contributed by atoms with Gasteiger partial charge < -0.3 is 5.32 Å². The molecule has 0 radical (unpaired) electrons. The van der Waals surface area contributed by atoms with Gasteiger partial charge in [0.05, 0.1) is 5.54 Å². The van der Waals surface area contributed by atoms with Gasteiger partial charge in [0.25, 0.3) is 0 Å². The molecule has 1 saturated carbocycles. The molecule has 2 heterocycles. The van der Waals surface area contributed by atoms with E-state index in [0.29, 0.717) is 5.54 Å². The molecule has 1 fully saturated rings. The van der Waals surface area contributed by atoms with Gasteiger partial charge in [-0.15, -0.1) is 11.3 Å². The van der Waals surface area contributed by atoms with Gasteiger partial charge in [0, 0.05) is 11.4 Å². The van der Waals surface area contributed by atoms with Gasteiger partial charge in [-0.3, -0.25) is 0 Å². The Morgan fingerprint density at radius 3 is 3.38 bits per heavy atom. The van der Waals surface area contributed by atoms with E-state index in [4.69, 9.17) is 0 Å². The zero-order valence-electron chi connectivity index (χ0n) is 10.1. The summed E-state index contributed by atoms with van der Waals surface area (Å²) in [7, 11) is 0. The third-order valence-electron chi connectivity index (χ3n) is 4.47. The lowest BCUT2D eigenvalue weighted by atomic mass is 9.72. The quantitative estimate of drug-likeness (QED) is 0.783. The molecule has 1 aliphatic carbocycles. The average molecular weight is 235 g/mol. The number of hydrogen-bond acceptors (Lipinski definition) is 2. The molecule has 1 aromatic heterocycles. The highest BCUT2D eigenvalue weighted by atomic mass is 32.1. The molecule has 2 atom stereocenters. The third kappa shape index (κ3) is 1.63. The first-order chi connectivity index (χ1) is 7.84. The number of rotatable bonds is 1. The molecule has 0 amide bonds. The Morgan fingerprint density at radius 2 is 2.50 bits per heavy atom. The summed E-state index contributed by atoms with van der Waals surface area (Å²) < 4.78 is 0. The van der Waals surface area contributed by atoms with Gasteiger partial charge in [-0.05, 0) is 42.2 Å². The van der Waals surface area contributed by atoms with Crippen LogP contribution in [0.1, 0.15) is 49.5 Å². The maximum absolute atomic E-state index is 3.85. The lowest BCUT2D eigenvalue weighted by Gasteiger charge is -2.44. The maximum Gasteiger partial charge on any atom is 0.0534 e. The van der Waals surface area contributed by atoms with Crippen LogP contribution in [0, 0.1) is 5.92 Å². The summed E-state index contributed by atoms with van der Waals surface area (Å²) in [6, 6.07) is 2.35. The lowest BCUT2D eigenvalue weighted by Crippen LogP contribution is -2.49. The van der Waals surface area contributed by atoms with Crippen molar-refractivity contribution in [1.82, 2.24) is 5.32 Å². The van der Waals surface area contributed by atoms with E-state index in [2.05, 4.69) is 23.7 Å². The van der Waals surface area contributed by atoms with E-state index in [1.165, 1.54) is 45.1 Å². The minimum Gasteiger partial charge on any atom is -0.306 e. The predicted octanol–water partition coefficient (Wildman–Crippen LogP) is 3.69. The van der Waals surface area contributed by atoms with E-state index >= 15 is 0 Å². The fourth-order valence-corrected chi connectivity index (χ4v) is 4.75. The van der Waals surface area contributed by atoms with Crippen molar-refractivity contribution in [2.45, 2.75) is 51.0 Å². The molecule has 2 unspecified atom stereocenters.